The fraction of sp³-hybridized carbons (Fsp3) is 0.238. The van der Waals surface area contributed by atoms with Crippen molar-refractivity contribution >= 4 is 11.8 Å². The maximum Gasteiger partial charge on any atom is 0.269 e. The summed E-state index contributed by atoms with van der Waals surface area (Å²) in [6.07, 6.45) is 1.82. The van der Waals surface area contributed by atoms with Crippen LogP contribution in [0.5, 0.6) is 0 Å². The van der Waals surface area contributed by atoms with Crippen LogP contribution in [0.1, 0.15) is 50.6 Å². The van der Waals surface area contributed by atoms with Crippen molar-refractivity contribution in [3.63, 3.8) is 0 Å². The van der Waals surface area contributed by atoms with Gasteiger partial charge in [0, 0.05) is 37.5 Å². The Morgan fingerprint density at radius 2 is 1.86 bits per heavy atom. The summed E-state index contributed by atoms with van der Waals surface area (Å²) >= 11 is 0. The van der Waals surface area contributed by atoms with Crippen LogP contribution in [0.25, 0.3) is 0 Å². The third-order valence-electron chi connectivity index (χ3n) is 4.51. The number of carbonyl (C=O) groups excluding carboxylic acids is 2. The highest BCUT2D eigenvalue weighted by atomic mass is 16.2. The van der Waals surface area contributed by atoms with Crippen LogP contribution in [0.2, 0.25) is 0 Å². The molecule has 0 saturated carbocycles. The minimum atomic E-state index is -0.333. The van der Waals surface area contributed by atoms with Gasteiger partial charge in [-0.1, -0.05) is 37.3 Å². The Balaban J connectivity index is 1.88. The van der Waals surface area contributed by atoms with Gasteiger partial charge in [0.1, 0.15) is 5.69 Å². The van der Waals surface area contributed by atoms with E-state index in [0.717, 1.165) is 11.3 Å². The molecule has 0 fully saturated rings. The number of hydrogen-bond acceptors (Lipinski definition) is 4. The molecule has 2 N–H and O–H groups in total. The van der Waals surface area contributed by atoms with E-state index >= 15 is 0 Å². The van der Waals surface area contributed by atoms with Crippen LogP contribution in [0.3, 0.4) is 0 Å². The molecule has 0 unspecified atom stereocenters. The summed E-state index contributed by atoms with van der Waals surface area (Å²) in [6.45, 7) is 2.31. The molecule has 0 aliphatic rings. The molecule has 0 spiro atoms. The second-order valence-electron chi connectivity index (χ2n) is 6.54. The maximum absolute atomic E-state index is 12.7. The first kappa shape index (κ1) is 19.3. The summed E-state index contributed by atoms with van der Waals surface area (Å²) in [5.74, 6) is -0.672. The fourth-order valence-corrected chi connectivity index (χ4v) is 2.89. The molecule has 2 aromatic heterocycles. The van der Waals surface area contributed by atoms with Crippen molar-refractivity contribution in [3.05, 3.63) is 82.9 Å². The average molecular weight is 377 g/mol. The lowest BCUT2D eigenvalue weighted by Gasteiger charge is -2.14. The lowest BCUT2D eigenvalue weighted by Crippen LogP contribution is -2.26. The van der Waals surface area contributed by atoms with Crippen LogP contribution in [0, 0.1) is 0 Å². The summed E-state index contributed by atoms with van der Waals surface area (Å²) in [5.41, 5.74) is 3.08. The molecule has 0 aliphatic heterocycles. The van der Waals surface area contributed by atoms with Crippen LogP contribution < -0.4 is 10.6 Å². The van der Waals surface area contributed by atoms with Gasteiger partial charge in [-0.25, -0.2) is 4.98 Å². The molecule has 1 aromatic carbocycles. The van der Waals surface area contributed by atoms with Gasteiger partial charge in [0.25, 0.3) is 11.8 Å². The molecule has 144 valence electrons. The van der Waals surface area contributed by atoms with E-state index in [-0.39, 0.29) is 23.4 Å². The second kappa shape index (κ2) is 8.47. The average Bonchev–Trinajstić information content (AvgIpc) is 3.16. The van der Waals surface area contributed by atoms with Crippen molar-refractivity contribution in [3.8, 4) is 0 Å². The summed E-state index contributed by atoms with van der Waals surface area (Å²) in [4.78, 5) is 29.3. The molecule has 2 heterocycles. The van der Waals surface area contributed by atoms with Gasteiger partial charge in [0.15, 0.2) is 0 Å². The van der Waals surface area contributed by atoms with E-state index in [9.17, 15) is 9.59 Å². The Morgan fingerprint density at radius 3 is 2.50 bits per heavy atom. The quantitative estimate of drug-likeness (QED) is 0.690. The molecular weight excluding hydrogens is 354 g/mol. The van der Waals surface area contributed by atoms with Crippen molar-refractivity contribution in [2.24, 2.45) is 7.05 Å². The van der Waals surface area contributed by atoms with Crippen LogP contribution in [0.4, 0.5) is 0 Å². The van der Waals surface area contributed by atoms with E-state index in [4.69, 9.17) is 0 Å². The Kier molecular flexibility index (Phi) is 5.84. The van der Waals surface area contributed by atoms with Gasteiger partial charge < -0.3 is 10.6 Å². The molecule has 1 atom stereocenters. The van der Waals surface area contributed by atoms with E-state index in [1.165, 1.54) is 13.1 Å². The number of aryl methyl sites for hydroxylation is 1. The highest BCUT2D eigenvalue weighted by Crippen LogP contribution is 2.23. The zero-order valence-corrected chi connectivity index (χ0v) is 16.1. The number of rotatable bonds is 6. The van der Waals surface area contributed by atoms with E-state index in [1.807, 2.05) is 56.6 Å². The SMILES string of the molecule is CNC(=O)c1cc(C(=O)NCc2ccn(C)n2)cc([C@@H](C)c2ccccc2)n1. The van der Waals surface area contributed by atoms with Crippen LogP contribution in [-0.4, -0.2) is 33.6 Å². The van der Waals surface area contributed by atoms with Crippen molar-refractivity contribution in [1.29, 1.82) is 0 Å². The molecule has 0 radical (unpaired) electrons. The highest BCUT2D eigenvalue weighted by molar-refractivity contribution is 5.98. The van der Waals surface area contributed by atoms with Crippen molar-refractivity contribution in [1.82, 2.24) is 25.4 Å². The molecule has 3 rings (SSSR count). The lowest BCUT2D eigenvalue weighted by atomic mass is 9.96. The van der Waals surface area contributed by atoms with Crippen molar-refractivity contribution < 1.29 is 9.59 Å². The Labute approximate surface area is 163 Å². The predicted molar refractivity (Wildman–Crippen MR) is 106 cm³/mol. The Hall–Kier alpha value is -3.48. The fourth-order valence-electron chi connectivity index (χ4n) is 2.89. The molecule has 7 nitrogen and oxygen atoms in total. The third kappa shape index (κ3) is 4.43. The first-order chi connectivity index (χ1) is 13.5. The van der Waals surface area contributed by atoms with Crippen LogP contribution >= 0.6 is 0 Å². The smallest absolute Gasteiger partial charge is 0.269 e. The van der Waals surface area contributed by atoms with Gasteiger partial charge in [-0.2, -0.15) is 5.10 Å². The third-order valence-corrected chi connectivity index (χ3v) is 4.51. The van der Waals surface area contributed by atoms with Gasteiger partial charge in [-0.05, 0) is 23.8 Å². The monoisotopic (exact) mass is 377 g/mol. The number of nitrogens with one attached hydrogen (secondary N) is 2. The summed E-state index contributed by atoms with van der Waals surface area (Å²) in [5, 5.41) is 9.66. The topological polar surface area (TPSA) is 88.9 Å². The van der Waals surface area contributed by atoms with Gasteiger partial charge in [-0.3, -0.25) is 14.3 Å². The first-order valence-electron chi connectivity index (χ1n) is 9.03. The highest BCUT2D eigenvalue weighted by Gasteiger charge is 2.18. The molecule has 0 aliphatic carbocycles. The van der Waals surface area contributed by atoms with E-state index < -0.39 is 0 Å². The van der Waals surface area contributed by atoms with E-state index in [2.05, 4.69) is 20.7 Å². The van der Waals surface area contributed by atoms with Gasteiger partial charge in [-0.15, -0.1) is 0 Å². The second-order valence-corrected chi connectivity index (χ2v) is 6.54. The number of pyridine rings is 1. The minimum Gasteiger partial charge on any atom is -0.354 e. The number of hydrogen-bond donors (Lipinski definition) is 2. The number of carbonyl (C=O) groups is 2. The van der Waals surface area contributed by atoms with Gasteiger partial charge >= 0.3 is 0 Å². The first-order valence-corrected chi connectivity index (χ1v) is 9.03. The zero-order chi connectivity index (χ0) is 20.1. The molecule has 28 heavy (non-hydrogen) atoms. The number of aromatic nitrogens is 3. The summed E-state index contributed by atoms with van der Waals surface area (Å²) in [6, 6.07) is 14.9. The largest absolute Gasteiger partial charge is 0.354 e. The number of benzene rings is 1. The molecule has 7 heteroatoms. The van der Waals surface area contributed by atoms with E-state index in [0.29, 0.717) is 17.8 Å². The van der Waals surface area contributed by atoms with Gasteiger partial charge in [0.2, 0.25) is 0 Å². The standard InChI is InChI=1S/C21H23N5O2/c1-14(15-7-5-4-6-8-15)18-11-16(12-19(24-18)21(28)22-2)20(27)23-13-17-9-10-26(3)25-17/h4-12,14H,13H2,1-3H3,(H,22,28)(H,23,27)/t14-/m0/s1. The van der Waals surface area contributed by atoms with Crippen LogP contribution in [-0.2, 0) is 13.6 Å². The normalized spacial score (nSPS) is 11.7. The maximum atomic E-state index is 12.7. The molecule has 2 amide bonds. The predicted octanol–water partition coefficient (Wildman–Crippen LogP) is 2.26. The van der Waals surface area contributed by atoms with Crippen LogP contribution in [0.15, 0.2) is 54.7 Å². The summed E-state index contributed by atoms with van der Waals surface area (Å²) < 4.78 is 1.68. The number of amides is 2. The van der Waals surface area contributed by atoms with E-state index in [1.54, 1.807) is 10.7 Å². The molecule has 3 aromatic rings. The molecular formula is C21H23N5O2. The van der Waals surface area contributed by atoms with Crippen molar-refractivity contribution in [2.75, 3.05) is 7.05 Å². The number of nitrogens with zero attached hydrogens (tertiary/aromatic N) is 3. The summed E-state index contributed by atoms with van der Waals surface area (Å²) in [7, 11) is 3.36. The minimum absolute atomic E-state index is 0.0619. The Morgan fingerprint density at radius 1 is 1.11 bits per heavy atom. The van der Waals surface area contributed by atoms with Crippen molar-refractivity contribution in [2.45, 2.75) is 19.4 Å². The lowest BCUT2D eigenvalue weighted by molar-refractivity contribution is 0.0950. The molecule has 0 saturated heterocycles. The van der Waals surface area contributed by atoms with Gasteiger partial charge in [0.05, 0.1) is 12.2 Å². The Bertz CT molecular complexity index is 981. The molecule has 0 bridgehead atoms. The zero-order valence-electron chi connectivity index (χ0n) is 16.1.